The number of aliphatic carboxylic acids is 1. The van der Waals surface area contributed by atoms with Crippen LogP contribution in [0.4, 0.5) is 0 Å². The smallest absolute Gasteiger partial charge is 0.326 e. The number of nitrogens with two attached hydrogens (primary N) is 2. The number of amides is 7. The van der Waals surface area contributed by atoms with E-state index in [1.165, 1.54) is 18.7 Å². The lowest BCUT2D eigenvalue weighted by Gasteiger charge is -2.26. The van der Waals surface area contributed by atoms with Crippen LogP contribution < -0.4 is 38.1 Å². The van der Waals surface area contributed by atoms with Crippen molar-refractivity contribution in [3.63, 3.8) is 0 Å². The van der Waals surface area contributed by atoms with Gasteiger partial charge in [-0.3, -0.25) is 33.6 Å². The molecule has 0 aliphatic heterocycles. The lowest BCUT2D eigenvalue weighted by molar-refractivity contribution is -0.142. The molecule has 6 atom stereocenters. The van der Waals surface area contributed by atoms with Crippen LogP contribution in [0.1, 0.15) is 121 Å². The largest absolute Gasteiger partial charge is 0.480 e. The average Bonchev–Trinajstić information content (AvgIpc) is 3.26. The molecule has 11 N–H and O–H groups in total. The van der Waals surface area contributed by atoms with Crippen molar-refractivity contribution in [2.75, 3.05) is 12.0 Å². The molecule has 2 aromatic carbocycles. The summed E-state index contributed by atoms with van der Waals surface area (Å²) in [5.41, 5.74) is 12.4. The van der Waals surface area contributed by atoms with Crippen LogP contribution in [0.15, 0.2) is 60.7 Å². The summed E-state index contributed by atoms with van der Waals surface area (Å²) in [5, 5.41) is 32.9. The zero-order chi connectivity index (χ0) is 48.0. The first kappa shape index (κ1) is 55.6. The Morgan fingerprint density at radius 1 is 0.554 bits per heavy atom. The first-order valence-corrected chi connectivity index (χ1v) is 24.1. The minimum absolute atomic E-state index is 0.0344. The Hall–Kier alpha value is -5.49. The Kier molecular flexibility index (Phi) is 27.6. The summed E-state index contributed by atoms with van der Waals surface area (Å²) < 4.78 is 0. The molecular weight excluding hydrogens is 855 g/mol. The molecule has 0 spiro atoms. The van der Waals surface area contributed by atoms with E-state index in [0.29, 0.717) is 24.2 Å². The van der Waals surface area contributed by atoms with Crippen LogP contribution in [0.2, 0.25) is 0 Å². The van der Waals surface area contributed by atoms with Crippen molar-refractivity contribution < 1.29 is 48.6 Å². The van der Waals surface area contributed by atoms with Crippen molar-refractivity contribution in [3.05, 3.63) is 71.8 Å². The maximum Gasteiger partial charge on any atom is 0.326 e. The molecule has 0 saturated heterocycles. The summed E-state index contributed by atoms with van der Waals surface area (Å²) >= 11 is 1.48. The molecule has 0 bridgehead atoms. The van der Waals surface area contributed by atoms with E-state index in [1.807, 2.05) is 36.6 Å². The Morgan fingerprint density at radius 3 is 1.40 bits per heavy atom. The number of aliphatic hydroxyl groups is 1. The van der Waals surface area contributed by atoms with Crippen molar-refractivity contribution in [3.8, 4) is 0 Å². The standard InChI is InChI=1S/C47H71N7O10S/c1-32(55)42(46(62)51-35(27-28-65-2)44(60)52-36(43(49)59)29-33-21-15-13-16-22-33)54-41(58)26-20-12-10-8-6-4-3-5-7-9-11-19-25-40(57)50-37(31-39(48)56)45(61)53-38(47(63)64)30-34-23-17-14-18-24-34/h13-18,21-24,32,35-38,42,55H,3-12,19-20,25-31H2,1-2H3,(H2,48,56)(H2,49,59)(H,50,57)(H,51,62)(H,52,60)(H,53,61)(H,54,58)(H,63,64)/t32-,35+,36+,37+,38+,42+/m1/s1. The number of aliphatic hydroxyl groups excluding tert-OH is 1. The van der Waals surface area contributed by atoms with E-state index >= 15 is 0 Å². The fraction of sp³-hybridized carbons (Fsp3) is 0.574. The number of hydrogen-bond donors (Lipinski definition) is 9. The summed E-state index contributed by atoms with van der Waals surface area (Å²) in [4.78, 5) is 100. The quantitative estimate of drug-likeness (QED) is 0.0453. The fourth-order valence-corrected chi connectivity index (χ4v) is 7.57. The third-order valence-corrected chi connectivity index (χ3v) is 11.4. The second-order valence-electron chi connectivity index (χ2n) is 16.4. The fourth-order valence-electron chi connectivity index (χ4n) is 7.10. The number of nitrogens with one attached hydrogen (secondary N) is 5. The van der Waals surface area contributed by atoms with Gasteiger partial charge in [0.1, 0.15) is 30.2 Å². The number of benzene rings is 2. The predicted molar refractivity (Wildman–Crippen MR) is 250 cm³/mol. The summed E-state index contributed by atoms with van der Waals surface area (Å²) in [6.07, 6.45) is 12.1. The molecule has 0 unspecified atom stereocenters. The van der Waals surface area contributed by atoms with E-state index in [1.54, 1.807) is 30.3 Å². The van der Waals surface area contributed by atoms with Gasteiger partial charge in [0.25, 0.3) is 0 Å². The zero-order valence-corrected chi connectivity index (χ0v) is 38.7. The van der Waals surface area contributed by atoms with E-state index in [4.69, 9.17) is 11.5 Å². The van der Waals surface area contributed by atoms with E-state index in [2.05, 4.69) is 26.6 Å². The number of carbonyl (C=O) groups excluding carboxylic acids is 7. The SMILES string of the molecule is CSCC[C@H](NC(=O)[C@@H](NC(=O)CCCCCCCCCCCCCCC(=O)N[C@@H](CC(N)=O)C(=O)N[C@@H](Cc1ccccc1)C(=O)O)[C@@H](C)O)C(=O)N[C@@H](Cc1ccccc1)C(N)=O. The Balaban J connectivity index is 1.61. The minimum atomic E-state index is -1.28. The molecule has 7 amide bonds. The van der Waals surface area contributed by atoms with Crippen molar-refractivity contribution in [2.45, 2.75) is 159 Å². The van der Waals surface area contributed by atoms with E-state index in [9.17, 15) is 48.6 Å². The van der Waals surface area contributed by atoms with Gasteiger partial charge in [-0.1, -0.05) is 125 Å². The van der Waals surface area contributed by atoms with Gasteiger partial charge in [-0.05, 0) is 49.3 Å². The Labute approximate surface area is 387 Å². The highest BCUT2D eigenvalue weighted by Crippen LogP contribution is 2.14. The summed E-state index contributed by atoms with van der Waals surface area (Å²) in [5.74, 6) is -5.11. The lowest BCUT2D eigenvalue weighted by atomic mass is 10.0. The molecule has 18 heteroatoms. The molecule has 360 valence electrons. The number of thioether (sulfide) groups is 1. The van der Waals surface area contributed by atoms with Crippen molar-refractivity contribution in [1.82, 2.24) is 26.6 Å². The lowest BCUT2D eigenvalue weighted by Crippen LogP contribution is -2.58. The molecule has 17 nitrogen and oxygen atoms in total. The molecule has 0 aromatic heterocycles. The van der Waals surface area contributed by atoms with Crippen LogP contribution in [0, 0.1) is 0 Å². The van der Waals surface area contributed by atoms with Crippen molar-refractivity contribution in [2.24, 2.45) is 11.5 Å². The third-order valence-electron chi connectivity index (χ3n) is 10.8. The summed E-state index contributed by atoms with van der Waals surface area (Å²) in [7, 11) is 0. The summed E-state index contributed by atoms with van der Waals surface area (Å²) in [6, 6.07) is 12.0. The number of carboxylic acid groups (broad SMARTS) is 1. The van der Waals surface area contributed by atoms with Gasteiger partial charge in [0.15, 0.2) is 0 Å². The Bertz CT molecular complexity index is 1790. The maximum atomic E-state index is 13.3. The normalized spacial score (nSPS) is 13.8. The van der Waals surface area contributed by atoms with E-state index in [-0.39, 0.29) is 38.0 Å². The van der Waals surface area contributed by atoms with Crippen molar-refractivity contribution >= 4 is 59.1 Å². The number of carbonyl (C=O) groups is 8. The molecule has 2 aromatic rings. The first-order chi connectivity index (χ1) is 31.1. The number of primary amides is 2. The number of hydrogen-bond acceptors (Lipinski definition) is 10. The van der Waals surface area contributed by atoms with E-state index in [0.717, 1.165) is 69.8 Å². The average molecular weight is 926 g/mol. The first-order valence-electron chi connectivity index (χ1n) is 22.7. The second-order valence-corrected chi connectivity index (χ2v) is 17.4. The zero-order valence-electron chi connectivity index (χ0n) is 37.9. The number of rotatable bonds is 35. The van der Waals surface area contributed by atoms with Gasteiger partial charge in [-0.25, -0.2) is 4.79 Å². The van der Waals surface area contributed by atoms with Crippen LogP contribution in [0.3, 0.4) is 0 Å². The topological polar surface area (TPSA) is 289 Å². The molecule has 65 heavy (non-hydrogen) atoms. The molecule has 0 aliphatic carbocycles. The monoisotopic (exact) mass is 925 g/mol. The molecule has 0 heterocycles. The Morgan fingerprint density at radius 2 is 0.969 bits per heavy atom. The van der Waals surface area contributed by atoms with E-state index < -0.39 is 84.1 Å². The van der Waals surface area contributed by atoms with Gasteiger partial charge in [0.05, 0.1) is 12.5 Å². The minimum Gasteiger partial charge on any atom is -0.480 e. The molecular formula is C47H71N7O10S. The van der Waals surface area contributed by atoms with Gasteiger partial charge < -0.3 is 48.3 Å². The van der Waals surface area contributed by atoms with Crippen LogP contribution in [-0.4, -0.2) is 106 Å². The highest BCUT2D eigenvalue weighted by Gasteiger charge is 2.32. The van der Waals surface area contributed by atoms with Crippen LogP contribution in [0.5, 0.6) is 0 Å². The third kappa shape index (κ3) is 24.4. The van der Waals surface area contributed by atoms with Gasteiger partial charge in [0.2, 0.25) is 41.4 Å². The highest BCUT2D eigenvalue weighted by atomic mass is 32.2. The maximum absolute atomic E-state index is 13.3. The van der Waals surface area contributed by atoms with Crippen LogP contribution >= 0.6 is 11.8 Å². The number of unbranched alkanes of at least 4 members (excludes halogenated alkanes) is 11. The number of carboxylic acids is 1. The van der Waals surface area contributed by atoms with Gasteiger partial charge in [-0.15, -0.1) is 0 Å². The van der Waals surface area contributed by atoms with Crippen LogP contribution in [0.25, 0.3) is 0 Å². The molecule has 0 aliphatic rings. The van der Waals surface area contributed by atoms with Crippen LogP contribution in [-0.2, 0) is 51.2 Å². The van der Waals surface area contributed by atoms with Gasteiger partial charge in [-0.2, -0.15) is 11.8 Å². The van der Waals surface area contributed by atoms with Crippen molar-refractivity contribution in [1.29, 1.82) is 0 Å². The molecule has 0 fully saturated rings. The highest BCUT2D eigenvalue weighted by molar-refractivity contribution is 7.98. The van der Waals surface area contributed by atoms with Gasteiger partial charge in [0, 0.05) is 25.7 Å². The summed E-state index contributed by atoms with van der Waals surface area (Å²) in [6.45, 7) is 1.39. The van der Waals surface area contributed by atoms with Gasteiger partial charge >= 0.3 is 5.97 Å². The molecule has 2 rings (SSSR count). The second kappa shape index (κ2) is 32.2. The molecule has 0 radical (unpaired) electrons. The predicted octanol–water partition coefficient (Wildman–Crippen LogP) is 2.94. The molecule has 0 saturated carbocycles.